The molecule has 0 fully saturated rings. The fraction of sp³-hybridized carbons (Fsp3) is 0.312. The Hall–Kier alpha value is -2.48. The van der Waals surface area contributed by atoms with Crippen molar-refractivity contribution in [2.45, 2.75) is 37.5 Å². The predicted octanol–water partition coefficient (Wildman–Crippen LogP) is 2.71. The lowest BCUT2D eigenvalue weighted by Gasteiger charge is -2.07. The van der Waals surface area contributed by atoms with Gasteiger partial charge in [-0.1, -0.05) is 31.9 Å². The number of nitrogens with zero attached hydrogens (tertiary/aromatic N) is 2. The molecule has 0 amide bonds. The molecule has 0 bridgehead atoms. The van der Waals surface area contributed by atoms with Gasteiger partial charge >= 0.3 is 5.97 Å². The van der Waals surface area contributed by atoms with Gasteiger partial charge in [0.25, 0.3) is 10.0 Å². The Kier molecular flexibility index (Phi) is 5.86. The lowest BCUT2D eigenvalue weighted by Crippen LogP contribution is -2.15. The van der Waals surface area contributed by atoms with E-state index in [1.807, 2.05) is 0 Å². The topological polar surface area (TPSA) is 109 Å². The third-order valence-corrected chi connectivity index (χ3v) is 4.77. The molecule has 24 heavy (non-hydrogen) atoms. The van der Waals surface area contributed by atoms with Gasteiger partial charge in [0.2, 0.25) is 5.95 Å². The molecule has 0 aliphatic carbocycles. The molecular formula is C16H19N3O4S. The van der Waals surface area contributed by atoms with Crippen LogP contribution in [-0.4, -0.2) is 29.5 Å². The second kappa shape index (κ2) is 7.87. The summed E-state index contributed by atoms with van der Waals surface area (Å²) in [4.78, 5) is 18.2. The zero-order valence-corrected chi connectivity index (χ0v) is 14.1. The van der Waals surface area contributed by atoms with Crippen molar-refractivity contribution in [2.24, 2.45) is 0 Å². The lowest BCUT2D eigenvalue weighted by atomic mass is 10.1. The zero-order chi connectivity index (χ0) is 17.6. The molecule has 128 valence electrons. The summed E-state index contributed by atoms with van der Waals surface area (Å²) in [5, 5.41) is 8.77. The Morgan fingerprint density at radius 2 is 1.75 bits per heavy atom. The molecule has 0 unspecified atom stereocenters. The van der Waals surface area contributed by atoms with Crippen molar-refractivity contribution in [1.82, 2.24) is 9.97 Å². The van der Waals surface area contributed by atoms with Gasteiger partial charge in [0, 0.05) is 12.4 Å². The first-order chi connectivity index (χ1) is 11.4. The summed E-state index contributed by atoms with van der Waals surface area (Å²) in [6, 6.07) is 6.65. The highest BCUT2D eigenvalue weighted by Crippen LogP contribution is 2.15. The normalized spacial score (nSPS) is 11.2. The summed E-state index contributed by atoms with van der Waals surface area (Å²) < 4.78 is 26.8. The SMILES string of the molecule is CCCCCc1ccc(S(=O)(=O)Nc2ncc(C(=O)O)cn2)cc1. The van der Waals surface area contributed by atoms with E-state index >= 15 is 0 Å². The second-order valence-electron chi connectivity index (χ2n) is 5.31. The van der Waals surface area contributed by atoms with Gasteiger partial charge in [0.1, 0.15) is 0 Å². The van der Waals surface area contributed by atoms with E-state index in [-0.39, 0.29) is 16.4 Å². The van der Waals surface area contributed by atoms with Crippen LogP contribution in [0.25, 0.3) is 0 Å². The Labute approximate surface area is 140 Å². The fourth-order valence-corrected chi connectivity index (χ4v) is 3.04. The number of rotatable bonds is 8. The van der Waals surface area contributed by atoms with Gasteiger partial charge in [-0.3, -0.25) is 0 Å². The van der Waals surface area contributed by atoms with Crippen LogP contribution in [-0.2, 0) is 16.4 Å². The van der Waals surface area contributed by atoms with E-state index in [1.165, 1.54) is 12.1 Å². The summed E-state index contributed by atoms with van der Waals surface area (Å²) in [5.41, 5.74) is 0.971. The van der Waals surface area contributed by atoms with Gasteiger partial charge in [-0.25, -0.2) is 27.9 Å². The molecule has 0 aliphatic heterocycles. The Balaban J connectivity index is 2.08. The third kappa shape index (κ3) is 4.76. The van der Waals surface area contributed by atoms with E-state index in [1.54, 1.807) is 12.1 Å². The highest BCUT2D eigenvalue weighted by molar-refractivity contribution is 7.92. The molecule has 2 N–H and O–H groups in total. The van der Waals surface area contributed by atoms with Gasteiger partial charge < -0.3 is 5.11 Å². The number of anilines is 1. The van der Waals surface area contributed by atoms with Crippen LogP contribution in [0.1, 0.15) is 42.1 Å². The summed E-state index contributed by atoms with van der Waals surface area (Å²) in [5.74, 6) is -1.35. The fourth-order valence-electron chi connectivity index (χ4n) is 2.08. The van der Waals surface area contributed by atoms with Crippen LogP contribution in [0.15, 0.2) is 41.6 Å². The minimum absolute atomic E-state index is 0.104. The minimum atomic E-state index is -3.81. The summed E-state index contributed by atoms with van der Waals surface area (Å²) in [7, 11) is -3.81. The summed E-state index contributed by atoms with van der Waals surface area (Å²) in [6.07, 6.45) is 6.36. The van der Waals surface area contributed by atoms with Crippen molar-refractivity contribution < 1.29 is 18.3 Å². The average molecular weight is 349 g/mol. The van der Waals surface area contributed by atoms with Crippen molar-refractivity contribution in [3.05, 3.63) is 47.8 Å². The highest BCUT2D eigenvalue weighted by atomic mass is 32.2. The van der Waals surface area contributed by atoms with E-state index in [4.69, 9.17) is 5.11 Å². The van der Waals surface area contributed by atoms with Gasteiger partial charge in [-0.2, -0.15) is 0 Å². The number of nitrogens with one attached hydrogen (secondary N) is 1. The van der Waals surface area contributed by atoms with Gasteiger partial charge in [0.15, 0.2) is 0 Å². The number of carbonyl (C=O) groups is 1. The molecule has 8 heteroatoms. The molecule has 0 aliphatic rings. The molecule has 0 radical (unpaired) electrons. The zero-order valence-electron chi connectivity index (χ0n) is 13.3. The first-order valence-electron chi connectivity index (χ1n) is 7.59. The maximum Gasteiger partial charge on any atom is 0.338 e. The number of hydrogen-bond acceptors (Lipinski definition) is 5. The van der Waals surface area contributed by atoms with Crippen LogP contribution in [0.5, 0.6) is 0 Å². The van der Waals surface area contributed by atoms with Crippen molar-refractivity contribution >= 4 is 21.9 Å². The molecule has 1 aromatic carbocycles. The monoisotopic (exact) mass is 349 g/mol. The van der Waals surface area contributed by atoms with E-state index < -0.39 is 16.0 Å². The van der Waals surface area contributed by atoms with Crippen LogP contribution in [0.2, 0.25) is 0 Å². The Morgan fingerprint density at radius 1 is 1.12 bits per heavy atom. The number of carboxylic acids is 1. The highest BCUT2D eigenvalue weighted by Gasteiger charge is 2.16. The first-order valence-corrected chi connectivity index (χ1v) is 9.08. The van der Waals surface area contributed by atoms with E-state index in [2.05, 4.69) is 21.6 Å². The molecule has 0 saturated carbocycles. The van der Waals surface area contributed by atoms with Crippen LogP contribution in [0.3, 0.4) is 0 Å². The van der Waals surface area contributed by atoms with Crippen molar-refractivity contribution in [1.29, 1.82) is 0 Å². The maximum atomic E-state index is 12.3. The van der Waals surface area contributed by atoms with Crippen molar-refractivity contribution in [3.63, 3.8) is 0 Å². The number of aromatic carboxylic acids is 1. The Bertz CT molecular complexity index is 787. The molecular weight excluding hydrogens is 330 g/mol. The van der Waals surface area contributed by atoms with Crippen LogP contribution in [0, 0.1) is 0 Å². The molecule has 2 rings (SSSR count). The van der Waals surface area contributed by atoms with E-state index in [9.17, 15) is 13.2 Å². The number of aromatic nitrogens is 2. The molecule has 1 aromatic heterocycles. The third-order valence-electron chi connectivity index (χ3n) is 3.43. The van der Waals surface area contributed by atoms with Crippen LogP contribution in [0.4, 0.5) is 5.95 Å². The number of benzene rings is 1. The molecule has 2 aromatic rings. The van der Waals surface area contributed by atoms with Crippen LogP contribution < -0.4 is 4.72 Å². The molecule has 0 atom stereocenters. The Morgan fingerprint density at radius 3 is 2.29 bits per heavy atom. The largest absolute Gasteiger partial charge is 0.478 e. The average Bonchev–Trinajstić information content (AvgIpc) is 2.56. The molecule has 0 spiro atoms. The lowest BCUT2D eigenvalue weighted by molar-refractivity contribution is 0.0696. The van der Waals surface area contributed by atoms with Crippen molar-refractivity contribution in [2.75, 3.05) is 4.72 Å². The minimum Gasteiger partial charge on any atom is -0.478 e. The van der Waals surface area contributed by atoms with Crippen molar-refractivity contribution in [3.8, 4) is 0 Å². The van der Waals surface area contributed by atoms with E-state index in [0.29, 0.717) is 0 Å². The molecule has 0 saturated heterocycles. The number of aryl methyl sites for hydroxylation is 1. The molecule has 7 nitrogen and oxygen atoms in total. The van der Waals surface area contributed by atoms with E-state index in [0.717, 1.165) is 43.6 Å². The van der Waals surface area contributed by atoms with Gasteiger partial charge in [0.05, 0.1) is 10.5 Å². The van der Waals surface area contributed by atoms with Gasteiger partial charge in [-0.05, 0) is 30.5 Å². The smallest absolute Gasteiger partial charge is 0.338 e. The number of hydrogen-bond donors (Lipinski definition) is 2. The summed E-state index contributed by atoms with van der Waals surface area (Å²) in [6.45, 7) is 2.13. The standard InChI is InChI=1S/C16H19N3O4S/c1-2-3-4-5-12-6-8-14(9-7-12)24(22,23)19-16-17-10-13(11-18-16)15(20)21/h6-11H,2-5H2,1H3,(H,20,21)(H,17,18,19). The number of unbranched alkanes of at least 4 members (excludes halogenated alkanes) is 2. The molecule has 1 heterocycles. The second-order valence-corrected chi connectivity index (χ2v) is 6.99. The number of sulfonamides is 1. The predicted molar refractivity (Wildman–Crippen MR) is 89.5 cm³/mol. The first kappa shape index (κ1) is 17.9. The van der Waals surface area contributed by atoms with Crippen LogP contribution >= 0.6 is 0 Å². The quantitative estimate of drug-likeness (QED) is 0.709. The number of carboxylic acid groups (broad SMARTS) is 1. The van der Waals surface area contributed by atoms with Gasteiger partial charge in [-0.15, -0.1) is 0 Å². The summed E-state index contributed by atoms with van der Waals surface area (Å²) >= 11 is 0. The maximum absolute atomic E-state index is 12.3.